The fourth-order valence-corrected chi connectivity index (χ4v) is 1.32. The van der Waals surface area contributed by atoms with Gasteiger partial charge in [-0.05, 0) is 37.3 Å². The van der Waals surface area contributed by atoms with Gasteiger partial charge in [-0.25, -0.2) is 0 Å². The second kappa shape index (κ2) is 5.03. The van der Waals surface area contributed by atoms with E-state index in [0.29, 0.717) is 0 Å². The molecule has 1 N–H and O–H groups in total. The molecule has 0 aliphatic carbocycles. The van der Waals surface area contributed by atoms with Gasteiger partial charge in [0.1, 0.15) is 0 Å². The molecule has 0 bridgehead atoms. The van der Waals surface area contributed by atoms with Crippen molar-refractivity contribution in [3.8, 4) is 0 Å². The van der Waals surface area contributed by atoms with Crippen LogP contribution >= 0.6 is 0 Å². The van der Waals surface area contributed by atoms with Crippen LogP contribution in [0, 0.1) is 0 Å². The molecule has 0 saturated heterocycles. The molecule has 1 heteroatoms. The van der Waals surface area contributed by atoms with Crippen molar-refractivity contribution in [1.29, 1.82) is 0 Å². The van der Waals surface area contributed by atoms with E-state index in [9.17, 15) is 0 Å². The highest BCUT2D eigenvalue weighted by molar-refractivity contribution is 5.22. The lowest BCUT2D eigenvalue weighted by Gasteiger charge is -2.04. The van der Waals surface area contributed by atoms with E-state index in [1.54, 1.807) is 0 Å². The third-order valence-corrected chi connectivity index (χ3v) is 2.28. The molecule has 0 saturated carbocycles. The third kappa shape index (κ3) is 3.60. The minimum absolute atomic E-state index is 0.189. The Hall–Kier alpha value is -0.820. The molecule has 1 nitrogen and oxygen atoms in total. The van der Waals surface area contributed by atoms with Crippen molar-refractivity contribution in [3.05, 3.63) is 35.4 Å². The lowest BCUT2D eigenvalue weighted by Crippen LogP contribution is -2.01. The van der Waals surface area contributed by atoms with Crippen LogP contribution in [0.3, 0.4) is 0 Å². The van der Waals surface area contributed by atoms with E-state index in [1.807, 2.05) is 6.92 Å². The van der Waals surface area contributed by atoms with Gasteiger partial charge in [0, 0.05) is 0 Å². The second-order valence-electron chi connectivity index (χ2n) is 3.56. The minimum atomic E-state index is -0.189. The van der Waals surface area contributed by atoms with Gasteiger partial charge in [0.2, 0.25) is 0 Å². The third-order valence-electron chi connectivity index (χ3n) is 2.28. The highest BCUT2D eigenvalue weighted by Gasteiger charge is 1.97. The number of hydrogen-bond donors (Lipinski definition) is 1. The van der Waals surface area contributed by atoms with Crippen molar-refractivity contribution >= 4 is 0 Å². The van der Waals surface area contributed by atoms with Crippen molar-refractivity contribution in [2.45, 2.75) is 39.2 Å². The highest BCUT2D eigenvalue weighted by Crippen LogP contribution is 2.08. The Morgan fingerprint density at radius 1 is 1.15 bits per heavy atom. The molecule has 0 spiro atoms. The average Bonchev–Trinajstić information content (AvgIpc) is 2.15. The van der Waals surface area contributed by atoms with Gasteiger partial charge in [0.05, 0.1) is 6.10 Å². The van der Waals surface area contributed by atoms with Crippen molar-refractivity contribution in [2.75, 3.05) is 0 Å². The summed E-state index contributed by atoms with van der Waals surface area (Å²) in [5.74, 6) is 0. The summed E-state index contributed by atoms with van der Waals surface area (Å²) in [5.41, 5.74) is 2.69. The van der Waals surface area contributed by atoms with Crippen molar-refractivity contribution in [2.24, 2.45) is 0 Å². The molecule has 0 aliphatic heterocycles. The van der Waals surface area contributed by atoms with Crippen LogP contribution in [0.4, 0.5) is 0 Å². The van der Waals surface area contributed by atoms with Gasteiger partial charge in [-0.1, -0.05) is 31.2 Å². The van der Waals surface area contributed by atoms with Gasteiger partial charge in [-0.2, -0.15) is 0 Å². The average molecular weight is 178 g/mol. The fourth-order valence-electron chi connectivity index (χ4n) is 1.32. The normalized spacial score (nSPS) is 12.8. The summed E-state index contributed by atoms with van der Waals surface area (Å²) in [6, 6.07) is 8.64. The van der Waals surface area contributed by atoms with Crippen LogP contribution in [0.5, 0.6) is 0 Å². The second-order valence-corrected chi connectivity index (χ2v) is 3.56. The minimum Gasteiger partial charge on any atom is -0.393 e. The zero-order valence-corrected chi connectivity index (χ0v) is 8.46. The molecular formula is C12H18O. The van der Waals surface area contributed by atoms with E-state index < -0.39 is 0 Å². The maximum Gasteiger partial charge on any atom is 0.0515 e. The molecule has 72 valence electrons. The Balaban J connectivity index is 2.49. The van der Waals surface area contributed by atoms with E-state index >= 15 is 0 Å². The summed E-state index contributed by atoms with van der Waals surface area (Å²) in [4.78, 5) is 0. The summed E-state index contributed by atoms with van der Waals surface area (Å²) in [6.45, 7) is 3.99. The molecule has 13 heavy (non-hydrogen) atoms. The smallest absolute Gasteiger partial charge is 0.0515 e. The molecular weight excluding hydrogens is 160 g/mol. The Morgan fingerprint density at radius 3 is 2.15 bits per heavy atom. The maximum absolute atomic E-state index is 9.11. The quantitative estimate of drug-likeness (QED) is 0.751. The largest absolute Gasteiger partial charge is 0.393 e. The number of benzene rings is 1. The lowest BCUT2D eigenvalue weighted by atomic mass is 10.0. The first-order valence-corrected chi connectivity index (χ1v) is 4.98. The summed E-state index contributed by atoms with van der Waals surface area (Å²) in [6.07, 6.45) is 2.73. The zero-order chi connectivity index (χ0) is 9.68. The Labute approximate surface area is 80.4 Å². The molecule has 1 rings (SSSR count). The van der Waals surface area contributed by atoms with Crippen LogP contribution in [-0.2, 0) is 12.8 Å². The van der Waals surface area contributed by atoms with Gasteiger partial charge < -0.3 is 5.11 Å². The number of rotatable bonds is 4. The zero-order valence-electron chi connectivity index (χ0n) is 8.46. The number of aryl methyl sites for hydroxylation is 2. The van der Waals surface area contributed by atoms with Crippen molar-refractivity contribution < 1.29 is 5.11 Å². The van der Waals surface area contributed by atoms with Gasteiger partial charge in [-0.15, -0.1) is 0 Å². The van der Waals surface area contributed by atoms with Crippen LogP contribution in [-0.4, -0.2) is 11.2 Å². The molecule has 0 amide bonds. The first-order valence-electron chi connectivity index (χ1n) is 4.98. The van der Waals surface area contributed by atoms with E-state index in [-0.39, 0.29) is 6.10 Å². The first kappa shape index (κ1) is 10.3. The molecule has 1 unspecified atom stereocenters. The standard InChI is InChI=1S/C12H18O/c1-3-11-6-8-12(9-7-11)5-4-10(2)13/h6-10,13H,3-5H2,1-2H3. The first-order chi connectivity index (χ1) is 6.22. The van der Waals surface area contributed by atoms with Crippen molar-refractivity contribution in [1.82, 2.24) is 0 Å². The van der Waals surface area contributed by atoms with Crippen LogP contribution < -0.4 is 0 Å². The van der Waals surface area contributed by atoms with Gasteiger partial charge in [0.15, 0.2) is 0 Å². The van der Waals surface area contributed by atoms with E-state index in [1.165, 1.54) is 11.1 Å². The van der Waals surface area contributed by atoms with E-state index in [2.05, 4.69) is 31.2 Å². The molecule has 0 radical (unpaired) electrons. The topological polar surface area (TPSA) is 20.2 Å². The predicted molar refractivity (Wildman–Crippen MR) is 55.8 cm³/mol. The van der Waals surface area contributed by atoms with E-state index in [4.69, 9.17) is 5.11 Å². The predicted octanol–water partition coefficient (Wildman–Crippen LogP) is 2.56. The number of hydrogen-bond acceptors (Lipinski definition) is 1. The summed E-state index contributed by atoms with van der Waals surface area (Å²) < 4.78 is 0. The lowest BCUT2D eigenvalue weighted by molar-refractivity contribution is 0.185. The summed E-state index contributed by atoms with van der Waals surface area (Å²) >= 11 is 0. The van der Waals surface area contributed by atoms with Crippen LogP contribution in [0.25, 0.3) is 0 Å². The molecule has 0 heterocycles. The van der Waals surface area contributed by atoms with Gasteiger partial charge in [-0.3, -0.25) is 0 Å². The van der Waals surface area contributed by atoms with Crippen LogP contribution in [0.1, 0.15) is 31.4 Å². The van der Waals surface area contributed by atoms with Crippen molar-refractivity contribution in [3.63, 3.8) is 0 Å². The molecule has 1 aromatic rings. The Bertz CT molecular complexity index is 236. The molecule has 0 aromatic heterocycles. The van der Waals surface area contributed by atoms with Gasteiger partial charge in [0.25, 0.3) is 0 Å². The molecule has 0 aliphatic rings. The van der Waals surface area contributed by atoms with Crippen LogP contribution in [0.15, 0.2) is 24.3 Å². The highest BCUT2D eigenvalue weighted by atomic mass is 16.3. The SMILES string of the molecule is CCc1ccc(CCC(C)O)cc1. The fraction of sp³-hybridized carbons (Fsp3) is 0.500. The summed E-state index contributed by atoms with van der Waals surface area (Å²) in [5, 5.41) is 9.11. The number of aliphatic hydroxyl groups is 1. The number of aliphatic hydroxyl groups excluding tert-OH is 1. The maximum atomic E-state index is 9.11. The molecule has 1 atom stereocenters. The summed E-state index contributed by atoms with van der Waals surface area (Å²) in [7, 11) is 0. The van der Waals surface area contributed by atoms with E-state index in [0.717, 1.165) is 19.3 Å². The molecule has 0 fully saturated rings. The van der Waals surface area contributed by atoms with Gasteiger partial charge >= 0.3 is 0 Å². The molecule has 1 aromatic carbocycles. The Morgan fingerprint density at radius 2 is 1.69 bits per heavy atom. The Kier molecular flexibility index (Phi) is 3.97. The van der Waals surface area contributed by atoms with Crippen LogP contribution in [0.2, 0.25) is 0 Å². The monoisotopic (exact) mass is 178 g/mol.